The molecule has 182 valence electrons. The first-order chi connectivity index (χ1) is 16.1. The van der Waals surface area contributed by atoms with Crippen LogP contribution in [0, 0.1) is 11.7 Å². The lowest BCUT2D eigenvalue weighted by Crippen LogP contribution is -2.30. The number of para-hydroxylation sites is 1. The van der Waals surface area contributed by atoms with Crippen molar-refractivity contribution in [1.29, 1.82) is 0 Å². The molecule has 3 N–H and O–H groups in total. The van der Waals surface area contributed by atoms with Gasteiger partial charge in [-0.1, -0.05) is 30.3 Å². The molecule has 0 radical (unpaired) electrons. The van der Waals surface area contributed by atoms with Gasteiger partial charge in [-0.15, -0.1) is 0 Å². The Balaban J connectivity index is 1.71. The smallest absolute Gasteiger partial charge is 0.352 e. The molecule has 1 fully saturated rings. The van der Waals surface area contributed by atoms with Crippen molar-refractivity contribution in [3.63, 3.8) is 0 Å². The zero-order valence-electron chi connectivity index (χ0n) is 19.2. The Morgan fingerprint density at radius 1 is 1.24 bits per heavy atom. The molecular weight excluding hydrogens is 459 g/mol. The Hall–Kier alpha value is -2.75. The lowest BCUT2D eigenvalue weighted by molar-refractivity contribution is 0.0326. The Labute approximate surface area is 198 Å². The zero-order chi connectivity index (χ0) is 24.5. The number of ether oxygens (including phenoxy) is 1. The predicted molar refractivity (Wildman–Crippen MR) is 129 cm³/mol. The molecule has 1 aliphatic rings. The highest BCUT2D eigenvalue weighted by Gasteiger charge is 2.23. The van der Waals surface area contributed by atoms with Crippen molar-refractivity contribution < 1.29 is 27.4 Å². The number of aromatic nitrogens is 1. The van der Waals surface area contributed by atoms with E-state index in [1.165, 1.54) is 12.1 Å². The topological polar surface area (TPSA) is 108 Å². The molecule has 2 heterocycles. The van der Waals surface area contributed by atoms with E-state index in [0.717, 1.165) is 37.8 Å². The SMILES string of the molecule is CC(OCC1CCNCC1)c1cccc2c(-c3ccc(CS(C)(=O)=O)c(F)c3)c(C(=O)O)[nH]c12. The van der Waals surface area contributed by atoms with Gasteiger partial charge in [-0.2, -0.15) is 0 Å². The van der Waals surface area contributed by atoms with E-state index < -0.39 is 27.4 Å². The van der Waals surface area contributed by atoms with Gasteiger partial charge in [0.15, 0.2) is 9.84 Å². The number of hydrogen-bond acceptors (Lipinski definition) is 5. The fourth-order valence-corrected chi connectivity index (χ4v) is 5.36. The summed E-state index contributed by atoms with van der Waals surface area (Å²) in [4.78, 5) is 15.1. The molecule has 7 nitrogen and oxygen atoms in total. The molecule has 0 amide bonds. The average Bonchev–Trinajstić information content (AvgIpc) is 3.19. The normalized spacial score (nSPS) is 16.1. The number of H-pyrrole nitrogens is 1. The second-order valence-corrected chi connectivity index (χ2v) is 11.1. The van der Waals surface area contributed by atoms with Gasteiger partial charge >= 0.3 is 5.97 Å². The van der Waals surface area contributed by atoms with Crippen LogP contribution >= 0.6 is 0 Å². The number of halogens is 1. The number of carboxylic acids is 1. The maximum Gasteiger partial charge on any atom is 0.352 e. The molecule has 1 saturated heterocycles. The van der Waals surface area contributed by atoms with E-state index in [-0.39, 0.29) is 17.4 Å². The number of carboxylic acid groups (broad SMARTS) is 1. The van der Waals surface area contributed by atoms with Gasteiger partial charge in [0.2, 0.25) is 0 Å². The molecule has 0 aliphatic carbocycles. The minimum absolute atomic E-state index is 0.0450. The molecular formula is C25H29FN2O5S. The molecule has 4 rings (SSSR count). The van der Waals surface area contributed by atoms with Crippen LogP contribution in [-0.2, 0) is 20.3 Å². The summed E-state index contributed by atoms with van der Waals surface area (Å²) in [5, 5.41) is 13.8. The van der Waals surface area contributed by atoms with Crippen molar-refractivity contribution in [3.8, 4) is 11.1 Å². The van der Waals surface area contributed by atoms with Gasteiger partial charge in [0.1, 0.15) is 11.5 Å². The summed E-state index contributed by atoms with van der Waals surface area (Å²) in [6, 6.07) is 9.67. The number of nitrogens with one attached hydrogen (secondary N) is 2. The van der Waals surface area contributed by atoms with Gasteiger partial charge in [-0.25, -0.2) is 17.6 Å². The highest BCUT2D eigenvalue weighted by molar-refractivity contribution is 7.89. The summed E-state index contributed by atoms with van der Waals surface area (Å²) >= 11 is 0. The Morgan fingerprint density at radius 3 is 2.62 bits per heavy atom. The summed E-state index contributed by atoms with van der Waals surface area (Å²) in [5.74, 6) is -1.79. The van der Waals surface area contributed by atoms with Gasteiger partial charge in [0, 0.05) is 28.3 Å². The first-order valence-corrected chi connectivity index (χ1v) is 13.4. The molecule has 1 aliphatic heterocycles. The number of fused-ring (bicyclic) bond motifs is 1. The number of rotatable bonds is 8. The van der Waals surface area contributed by atoms with Crippen molar-refractivity contribution in [2.24, 2.45) is 5.92 Å². The van der Waals surface area contributed by atoms with Crippen LogP contribution in [0.25, 0.3) is 22.0 Å². The van der Waals surface area contributed by atoms with Crippen LogP contribution < -0.4 is 5.32 Å². The van der Waals surface area contributed by atoms with Gasteiger partial charge in [-0.05, 0) is 50.4 Å². The van der Waals surface area contributed by atoms with Crippen molar-refractivity contribution in [2.75, 3.05) is 26.0 Å². The number of benzene rings is 2. The monoisotopic (exact) mass is 488 g/mol. The van der Waals surface area contributed by atoms with Crippen molar-refractivity contribution in [2.45, 2.75) is 31.6 Å². The Bertz CT molecular complexity index is 1310. The highest BCUT2D eigenvalue weighted by atomic mass is 32.2. The van der Waals surface area contributed by atoms with E-state index >= 15 is 0 Å². The third kappa shape index (κ3) is 5.32. The molecule has 1 unspecified atom stereocenters. The van der Waals surface area contributed by atoms with E-state index in [9.17, 15) is 22.7 Å². The lowest BCUT2D eigenvalue weighted by atomic mass is 9.98. The standard InChI is InChI=1S/C25H29FN2O5S/c1-15(33-13-16-8-10-27-11-9-16)19-4-3-5-20-22(24(25(29)30)28-23(19)20)17-6-7-18(21(26)12-17)14-34(2,31)32/h3-7,12,15-16,27-28H,8-11,13-14H2,1-2H3,(H,29,30). The van der Waals surface area contributed by atoms with Crippen LogP contribution in [0.4, 0.5) is 4.39 Å². The summed E-state index contributed by atoms with van der Waals surface area (Å²) < 4.78 is 44.1. The lowest BCUT2D eigenvalue weighted by Gasteiger charge is -2.24. The third-order valence-electron chi connectivity index (χ3n) is 6.32. The van der Waals surface area contributed by atoms with E-state index in [4.69, 9.17) is 4.74 Å². The molecule has 0 bridgehead atoms. The first-order valence-electron chi connectivity index (χ1n) is 11.3. The van der Waals surface area contributed by atoms with Crippen LogP contribution in [0.15, 0.2) is 36.4 Å². The molecule has 1 atom stereocenters. The number of piperidine rings is 1. The summed E-state index contributed by atoms with van der Waals surface area (Å²) in [7, 11) is -3.41. The Kier molecular flexibility index (Phi) is 7.06. The second-order valence-electron chi connectivity index (χ2n) is 9.00. The molecule has 0 saturated carbocycles. The molecule has 9 heteroatoms. The second kappa shape index (κ2) is 9.85. The number of hydrogen-bond donors (Lipinski definition) is 3. The summed E-state index contributed by atoms with van der Waals surface area (Å²) in [5.41, 5.74) is 2.17. The van der Waals surface area contributed by atoms with Crippen molar-refractivity contribution in [1.82, 2.24) is 10.3 Å². The van der Waals surface area contributed by atoms with Crippen LogP contribution in [0.5, 0.6) is 0 Å². The predicted octanol–water partition coefficient (Wildman–Crippen LogP) is 4.29. The van der Waals surface area contributed by atoms with Crippen LogP contribution in [0.2, 0.25) is 0 Å². The maximum atomic E-state index is 14.7. The van der Waals surface area contributed by atoms with Crippen molar-refractivity contribution in [3.05, 3.63) is 59.0 Å². The van der Waals surface area contributed by atoms with E-state index in [2.05, 4.69) is 10.3 Å². The molecule has 34 heavy (non-hydrogen) atoms. The highest BCUT2D eigenvalue weighted by Crippen LogP contribution is 2.37. The largest absolute Gasteiger partial charge is 0.477 e. The fourth-order valence-electron chi connectivity index (χ4n) is 4.56. The summed E-state index contributed by atoms with van der Waals surface area (Å²) in [6.45, 7) is 4.54. The zero-order valence-corrected chi connectivity index (χ0v) is 20.0. The fraction of sp³-hybridized carbons (Fsp3) is 0.400. The van der Waals surface area contributed by atoms with Crippen molar-refractivity contribution >= 4 is 26.7 Å². The average molecular weight is 489 g/mol. The minimum atomic E-state index is -3.41. The number of aromatic amines is 1. The molecule has 3 aromatic rings. The maximum absolute atomic E-state index is 14.7. The number of sulfone groups is 1. The van der Waals surface area contributed by atoms with E-state index in [0.29, 0.717) is 34.6 Å². The van der Waals surface area contributed by atoms with Gasteiger partial charge in [0.05, 0.1) is 24.0 Å². The first kappa shape index (κ1) is 24.4. The molecule has 1 aromatic heterocycles. The van der Waals surface area contributed by atoms with Crippen LogP contribution in [0.3, 0.4) is 0 Å². The van der Waals surface area contributed by atoms with Crippen LogP contribution in [0.1, 0.15) is 47.5 Å². The minimum Gasteiger partial charge on any atom is -0.477 e. The quantitative estimate of drug-likeness (QED) is 0.436. The van der Waals surface area contributed by atoms with Gasteiger partial charge < -0.3 is 20.1 Å². The number of aromatic carboxylic acids is 1. The van der Waals surface area contributed by atoms with E-state index in [1.54, 1.807) is 12.1 Å². The number of carbonyl (C=O) groups is 1. The van der Waals surface area contributed by atoms with E-state index in [1.807, 2.05) is 19.1 Å². The van der Waals surface area contributed by atoms with Crippen LogP contribution in [-0.4, -0.2) is 50.4 Å². The molecule has 2 aromatic carbocycles. The molecule has 0 spiro atoms. The third-order valence-corrected chi connectivity index (χ3v) is 7.15. The van der Waals surface area contributed by atoms with Gasteiger partial charge in [-0.3, -0.25) is 0 Å². The summed E-state index contributed by atoms with van der Waals surface area (Å²) in [6.07, 6.45) is 2.90. The Morgan fingerprint density at radius 2 is 1.97 bits per heavy atom. The van der Waals surface area contributed by atoms with Gasteiger partial charge in [0.25, 0.3) is 0 Å².